The molecule has 1 aliphatic rings. The van der Waals surface area contributed by atoms with Gasteiger partial charge in [0.25, 0.3) is 0 Å². The van der Waals surface area contributed by atoms with E-state index in [-0.39, 0.29) is 5.78 Å². The topological polar surface area (TPSA) is 20.3 Å². The number of benzene rings is 1. The fourth-order valence-corrected chi connectivity index (χ4v) is 3.29. The summed E-state index contributed by atoms with van der Waals surface area (Å²) in [7, 11) is 0. The molecule has 0 aliphatic carbocycles. The molecule has 0 spiro atoms. The van der Waals surface area contributed by atoms with Crippen LogP contribution in [0.5, 0.6) is 0 Å². The number of hydrogen-bond acceptors (Lipinski definition) is 3. The fraction of sp³-hybridized carbons (Fsp3) is 0.500. The zero-order chi connectivity index (χ0) is 12.3. The second-order valence-corrected chi connectivity index (χ2v) is 6.20. The molecule has 92 valence electrons. The van der Waals surface area contributed by atoms with Crippen LogP contribution in [-0.2, 0) is 0 Å². The van der Waals surface area contributed by atoms with E-state index in [4.69, 9.17) is 0 Å². The molecule has 1 fully saturated rings. The summed E-state index contributed by atoms with van der Waals surface area (Å²) in [5.74, 6) is 1.39. The lowest BCUT2D eigenvalue weighted by Gasteiger charge is -2.29. The highest BCUT2D eigenvalue weighted by Gasteiger charge is 2.19. The Labute approximate surface area is 107 Å². The number of hydrogen-bond donors (Lipinski definition) is 0. The van der Waals surface area contributed by atoms with Gasteiger partial charge in [-0.05, 0) is 12.5 Å². The van der Waals surface area contributed by atoms with E-state index in [1.807, 2.05) is 43.0 Å². The van der Waals surface area contributed by atoms with Crippen molar-refractivity contribution in [1.29, 1.82) is 0 Å². The molecule has 17 heavy (non-hydrogen) atoms. The molecule has 1 saturated heterocycles. The number of thioether (sulfide) groups is 1. The van der Waals surface area contributed by atoms with E-state index in [0.717, 1.165) is 30.0 Å². The molecule has 2 rings (SSSR count). The lowest BCUT2D eigenvalue weighted by Crippen LogP contribution is -2.40. The number of nitrogens with zero attached hydrogens (tertiary/aromatic N) is 1. The average Bonchev–Trinajstić information content (AvgIpc) is 2.29. The Hall–Kier alpha value is -0.800. The summed E-state index contributed by atoms with van der Waals surface area (Å²) in [6.07, 6.45) is 0. The van der Waals surface area contributed by atoms with Crippen molar-refractivity contribution in [1.82, 2.24) is 4.90 Å². The van der Waals surface area contributed by atoms with E-state index in [1.165, 1.54) is 0 Å². The van der Waals surface area contributed by atoms with Crippen molar-refractivity contribution in [3.05, 3.63) is 35.4 Å². The largest absolute Gasteiger partial charge is 0.294 e. The molecule has 0 saturated carbocycles. The number of ketones is 1. The van der Waals surface area contributed by atoms with Crippen molar-refractivity contribution in [2.75, 3.05) is 25.4 Å². The molecule has 0 bridgehead atoms. The van der Waals surface area contributed by atoms with Gasteiger partial charge < -0.3 is 0 Å². The molecule has 3 heteroatoms. The molecule has 1 heterocycles. The van der Waals surface area contributed by atoms with Crippen LogP contribution < -0.4 is 0 Å². The number of carbonyl (C=O) groups excluding carboxylic acids is 1. The van der Waals surface area contributed by atoms with E-state index in [9.17, 15) is 4.79 Å². The minimum atomic E-state index is 0.252. The first-order valence-corrected chi connectivity index (χ1v) is 7.14. The van der Waals surface area contributed by atoms with Crippen LogP contribution >= 0.6 is 11.8 Å². The van der Waals surface area contributed by atoms with Crippen LogP contribution in [0.1, 0.15) is 22.8 Å². The number of carbonyl (C=O) groups is 1. The van der Waals surface area contributed by atoms with E-state index < -0.39 is 0 Å². The van der Waals surface area contributed by atoms with Gasteiger partial charge in [-0.15, -0.1) is 0 Å². The van der Waals surface area contributed by atoms with Crippen LogP contribution in [0.4, 0.5) is 0 Å². The summed E-state index contributed by atoms with van der Waals surface area (Å²) in [6.45, 7) is 6.86. The second kappa shape index (κ2) is 5.69. The lowest BCUT2D eigenvalue weighted by molar-refractivity contribution is 0.0933. The van der Waals surface area contributed by atoms with Crippen molar-refractivity contribution in [2.45, 2.75) is 19.1 Å². The third-order valence-corrected chi connectivity index (χ3v) is 4.27. The number of Topliss-reactive ketones (excluding diaryl/α,β-unsaturated/α-hetero) is 1. The maximum atomic E-state index is 12.2. The van der Waals surface area contributed by atoms with Gasteiger partial charge >= 0.3 is 0 Å². The van der Waals surface area contributed by atoms with Crippen LogP contribution in [-0.4, -0.2) is 41.3 Å². The smallest absolute Gasteiger partial charge is 0.177 e. The average molecular weight is 249 g/mol. The third kappa shape index (κ3) is 3.33. The zero-order valence-corrected chi connectivity index (χ0v) is 11.3. The fourth-order valence-electron chi connectivity index (χ4n) is 2.21. The first-order chi connectivity index (χ1) is 8.16. The zero-order valence-electron chi connectivity index (χ0n) is 10.5. The van der Waals surface area contributed by atoms with E-state index in [1.54, 1.807) is 0 Å². The van der Waals surface area contributed by atoms with Gasteiger partial charge in [-0.1, -0.05) is 31.2 Å². The normalized spacial score (nSPS) is 21.4. The minimum absolute atomic E-state index is 0.252. The molecule has 1 aliphatic heterocycles. The Kier molecular flexibility index (Phi) is 4.24. The van der Waals surface area contributed by atoms with Crippen molar-refractivity contribution < 1.29 is 4.79 Å². The summed E-state index contributed by atoms with van der Waals surface area (Å²) in [4.78, 5) is 14.5. The van der Waals surface area contributed by atoms with Crippen molar-refractivity contribution >= 4 is 17.5 Å². The van der Waals surface area contributed by atoms with E-state index in [0.29, 0.717) is 11.8 Å². The summed E-state index contributed by atoms with van der Waals surface area (Å²) in [5.41, 5.74) is 1.95. The Balaban J connectivity index is 1.99. The second-order valence-electron chi connectivity index (χ2n) is 4.65. The van der Waals surface area contributed by atoms with E-state index in [2.05, 4.69) is 11.8 Å². The molecule has 1 unspecified atom stereocenters. The van der Waals surface area contributed by atoms with Gasteiger partial charge in [0.05, 0.1) is 6.54 Å². The number of rotatable bonds is 3. The molecule has 0 aromatic heterocycles. The SMILES string of the molecule is Cc1ccccc1C(=O)CN1CCSC(C)C1. The Morgan fingerprint density at radius 1 is 1.47 bits per heavy atom. The van der Waals surface area contributed by atoms with Crippen LogP contribution in [0, 0.1) is 6.92 Å². The van der Waals surface area contributed by atoms with Crippen LogP contribution in [0.25, 0.3) is 0 Å². The standard InChI is InChI=1S/C14H19NOS/c1-11-5-3-4-6-13(11)14(16)10-15-7-8-17-12(2)9-15/h3-6,12H,7-10H2,1-2H3. The molecule has 1 aromatic carbocycles. The van der Waals surface area contributed by atoms with Crippen molar-refractivity contribution in [3.8, 4) is 0 Å². The maximum Gasteiger partial charge on any atom is 0.177 e. The lowest BCUT2D eigenvalue weighted by atomic mass is 10.0. The summed E-state index contributed by atoms with van der Waals surface area (Å²) in [5, 5.41) is 0.647. The van der Waals surface area contributed by atoms with Crippen LogP contribution in [0.3, 0.4) is 0 Å². The summed E-state index contributed by atoms with van der Waals surface area (Å²) in [6, 6.07) is 7.85. The quantitative estimate of drug-likeness (QED) is 0.768. The Bertz CT molecular complexity index is 405. The predicted molar refractivity (Wildman–Crippen MR) is 73.9 cm³/mol. The van der Waals surface area contributed by atoms with Crippen LogP contribution in [0.15, 0.2) is 24.3 Å². The molecule has 0 amide bonds. The molecule has 1 atom stereocenters. The Morgan fingerprint density at radius 3 is 2.94 bits per heavy atom. The van der Waals surface area contributed by atoms with Crippen molar-refractivity contribution in [3.63, 3.8) is 0 Å². The summed E-state index contributed by atoms with van der Waals surface area (Å²) >= 11 is 1.99. The highest BCUT2D eigenvalue weighted by molar-refractivity contribution is 7.99. The van der Waals surface area contributed by atoms with Gasteiger partial charge in [0.15, 0.2) is 5.78 Å². The molecular formula is C14H19NOS. The maximum absolute atomic E-state index is 12.2. The van der Waals surface area contributed by atoms with Gasteiger partial charge in [0.1, 0.15) is 0 Å². The number of aryl methyl sites for hydroxylation is 1. The predicted octanol–water partition coefficient (Wildman–Crippen LogP) is 2.62. The van der Waals surface area contributed by atoms with Crippen LogP contribution in [0.2, 0.25) is 0 Å². The molecule has 0 radical (unpaired) electrons. The molecular weight excluding hydrogens is 230 g/mol. The summed E-state index contributed by atoms with van der Waals surface area (Å²) < 4.78 is 0. The highest BCUT2D eigenvalue weighted by atomic mass is 32.2. The first kappa shape index (κ1) is 12.7. The molecule has 2 nitrogen and oxygen atoms in total. The van der Waals surface area contributed by atoms with Gasteiger partial charge in [-0.3, -0.25) is 9.69 Å². The molecule has 1 aromatic rings. The van der Waals surface area contributed by atoms with E-state index >= 15 is 0 Å². The van der Waals surface area contributed by atoms with Crippen molar-refractivity contribution in [2.24, 2.45) is 0 Å². The third-order valence-electron chi connectivity index (χ3n) is 3.14. The monoisotopic (exact) mass is 249 g/mol. The minimum Gasteiger partial charge on any atom is -0.294 e. The molecule has 0 N–H and O–H groups in total. The van der Waals surface area contributed by atoms with Gasteiger partial charge in [-0.25, -0.2) is 0 Å². The van der Waals surface area contributed by atoms with Gasteiger partial charge in [0, 0.05) is 29.7 Å². The van der Waals surface area contributed by atoms with Gasteiger partial charge in [-0.2, -0.15) is 11.8 Å². The Morgan fingerprint density at radius 2 is 2.24 bits per heavy atom. The highest BCUT2D eigenvalue weighted by Crippen LogP contribution is 2.18. The van der Waals surface area contributed by atoms with Gasteiger partial charge in [0.2, 0.25) is 0 Å². The first-order valence-electron chi connectivity index (χ1n) is 6.09.